The van der Waals surface area contributed by atoms with Gasteiger partial charge in [0.15, 0.2) is 6.10 Å². The molecule has 0 aromatic heterocycles. The van der Waals surface area contributed by atoms with E-state index in [1.54, 1.807) is 0 Å². The number of benzene rings is 2. The Hall–Kier alpha value is -1.79. The molecule has 1 unspecified atom stereocenters. The third-order valence-electron chi connectivity index (χ3n) is 2.88. The third-order valence-corrected chi connectivity index (χ3v) is 3.33. The summed E-state index contributed by atoms with van der Waals surface area (Å²) in [7, 11) is 0. The lowest BCUT2D eigenvalue weighted by Gasteiger charge is -2.17. The molecular weight excluding hydrogens is 359 g/mol. The molecule has 0 aliphatic carbocycles. The van der Waals surface area contributed by atoms with Gasteiger partial charge in [-0.2, -0.15) is 13.2 Å². The summed E-state index contributed by atoms with van der Waals surface area (Å²) in [6.45, 7) is 0. The molecule has 2 nitrogen and oxygen atoms in total. The lowest BCUT2D eigenvalue weighted by molar-refractivity contribution is -0.140. The average Bonchev–Trinajstić information content (AvgIpc) is 2.46. The summed E-state index contributed by atoms with van der Waals surface area (Å²) in [5.41, 5.74) is -1.20. The molecule has 2 rings (SSSR count). The van der Waals surface area contributed by atoms with Gasteiger partial charge in [-0.05, 0) is 41.9 Å². The number of ether oxygens (including phenoxy) is 1. The number of hydrogen-bond donors (Lipinski definition) is 0. The number of halogens is 6. The number of carbonyl (C=O) groups is 1. The molecular formula is C15H8Cl2F4O2. The second-order valence-electron chi connectivity index (χ2n) is 4.49. The highest BCUT2D eigenvalue weighted by atomic mass is 35.5. The lowest BCUT2D eigenvalue weighted by Crippen LogP contribution is -2.15. The van der Waals surface area contributed by atoms with E-state index >= 15 is 0 Å². The fraction of sp³-hybridized carbons (Fsp3) is 0.133. The van der Waals surface area contributed by atoms with E-state index in [1.807, 2.05) is 0 Å². The van der Waals surface area contributed by atoms with Gasteiger partial charge in [0, 0.05) is 10.6 Å². The molecule has 122 valence electrons. The monoisotopic (exact) mass is 366 g/mol. The second-order valence-corrected chi connectivity index (χ2v) is 5.30. The van der Waals surface area contributed by atoms with Crippen molar-refractivity contribution in [3.05, 3.63) is 64.4 Å². The van der Waals surface area contributed by atoms with Crippen molar-refractivity contribution in [3.8, 4) is 5.75 Å². The van der Waals surface area contributed by atoms with Crippen LogP contribution in [0.1, 0.15) is 17.2 Å². The van der Waals surface area contributed by atoms with Gasteiger partial charge in [-0.15, -0.1) is 0 Å². The minimum Gasteiger partial charge on any atom is -0.476 e. The van der Waals surface area contributed by atoms with Gasteiger partial charge in [-0.1, -0.05) is 23.7 Å². The molecule has 0 fully saturated rings. The SMILES string of the molecule is O=C(Cl)C(Oc1ccc(F)c(C(F)(F)F)c1)c1ccc(Cl)cc1. The molecule has 2 aromatic rings. The zero-order chi connectivity index (χ0) is 17.2. The van der Waals surface area contributed by atoms with Crippen LogP contribution in [0.2, 0.25) is 5.02 Å². The van der Waals surface area contributed by atoms with Crippen LogP contribution in [-0.4, -0.2) is 5.24 Å². The largest absolute Gasteiger partial charge is 0.476 e. The Morgan fingerprint density at radius 3 is 2.22 bits per heavy atom. The molecule has 0 aliphatic rings. The van der Waals surface area contributed by atoms with Gasteiger partial charge >= 0.3 is 6.18 Å². The Balaban J connectivity index is 2.34. The first-order valence-corrected chi connectivity index (χ1v) is 6.92. The molecule has 0 amide bonds. The first-order chi connectivity index (χ1) is 10.7. The number of hydrogen-bond acceptors (Lipinski definition) is 2. The van der Waals surface area contributed by atoms with E-state index in [9.17, 15) is 22.4 Å². The Labute approximate surface area is 138 Å². The average molecular weight is 367 g/mol. The highest BCUT2D eigenvalue weighted by molar-refractivity contribution is 6.64. The van der Waals surface area contributed by atoms with Crippen molar-refractivity contribution in [1.82, 2.24) is 0 Å². The fourth-order valence-corrected chi connectivity index (χ4v) is 2.11. The topological polar surface area (TPSA) is 26.3 Å². The van der Waals surface area contributed by atoms with Crippen molar-refractivity contribution in [2.24, 2.45) is 0 Å². The summed E-state index contributed by atoms with van der Waals surface area (Å²) in [6, 6.07) is 7.89. The van der Waals surface area contributed by atoms with E-state index in [4.69, 9.17) is 27.9 Å². The zero-order valence-electron chi connectivity index (χ0n) is 11.2. The van der Waals surface area contributed by atoms with Crippen LogP contribution in [0.15, 0.2) is 42.5 Å². The summed E-state index contributed by atoms with van der Waals surface area (Å²) in [4.78, 5) is 11.5. The Morgan fingerprint density at radius 1 is 1.09 bits per heavy atom. The summed E-state index contributed by atoms with van der Waals surface area (Å²) in [5.74, 6) is -1.78. The lowest BCUT2D eigenvalue weighted by atomic mass is 10.1. The molecule has 0 bridgehead atoms. The standard InChI is InChI=1S/C15H8Cl2F4O2/c16-9-3-1-8(2-4-9)13(14(17)22)23-10-5-6-12(18)11(7-10)15(19,20)21/h1-7,13H. The van der Waals surface area contributed by atoms with Gasteiger partial charge in [0.2, 0.25) is 0 Å². The Morgan fingerprint density at radius 2 is 1.70 bits per heavy atom. The molecule has 1 atom stereocenters. The van der Waals surface area contributed by atoms with Crippen molar-refractivity contribution in [3.63, 3.8) is 0 Å². The maximum atomic E-state index is 13.2. The Kier molecular flexibility index (Phi) is 5.16. The minimum absolute atomic E-state index is 0.298. The number of carbonyl (C=O) groups excluding carboxylic acids is 1. The van der Waals surface area contributed by atoms with E-state index in [0.717, 1.165) is 6.07 Å². The summed E-state index contributed by atoms with van der Waals surface area (Å²) in [6.07, 6.45) is -6.23. The first kappa shape index (κ1) is 17.6. The van der Waals surface area contributed by atoms with Crippen molar-refractivity contribution in [1.29, 1.82) is 0 Å². The van der Waals surface area contributed by atoms with Crippen molar-refractivity contribution in [2.45, 2.75) is 12.3 Å². The van der Waals surface area contributed by atoms with Gasteiger partial charge in [0.05, 0.1) is 5.56 Å². The van der Waals surface area contributed by atoms with Gasteiger partial charge in [-0.3, -0.25) is 4.79 Å². The van der Waals surface area contributed by atoms with E-state index in [2.05, 4.69) is 0 Å². The minimum atomic E-state index is -4.88. The molecule has 2 aromatic carbocycles. The van der Waals surface area contributed by atoms with Crippen LogP contribution in [0.4, 0.5) is 17.6 Å². The van der Waals surface area contributed by atoms with Crippen LogP contribution in [-0.2, 0) is 11.0 Å². The first-order valence-electron chi connectivity index (χ1n) is 6.16. The maximum Gasteiger partial charge on any atom is 0.419 e. The normalized spacial score (nSPS) is 12.8. The molecule has 0 spiro atoms. The van der Waals surface area contributed by atoms with Crippen molar-refractivity contribution in [2.75, 3.05) is 0 Å². The van der Waals surface area contributed by atoms with Crippen molar-refractivity contribution < 1.29 is 27.1 Å². The van der Waals surface area contributed by atoms with Gasteiger partial charge in [0.25, 0.3) is 5.24 Å². The van der Waals surface area contributed by atoms with Gasteiger partial charge < -0.3 is 4.74 Å². The molecule has 0 saturated carbocycles. The molecule has 0 heterocycles. The number of alkyl halides is 3. The maximum absolute atomic E-state index is 13.2. The van der Waals surface area contributed by atoms with E-state index in [1.165, 1.54) is 24.3 Å². The van der Waals surface area contributed by atoms with Crippen LogP contribution in [0, 0.1) is 5.82 Å². The van der Waals surface area contributed by atoms with E-state index in [-0.39, 0.29) is 5.75 Å². The summed E-state index contributed by atoms with van der Waals surface area (Å²) in [5, 5.41) is -0.541. The highest BCUT2D eigenvalue weighted by Crippen LogP contribution is 2.35. The van der Waals surface area contributed by atoms with Crippen LogP contribution in [0.25, 0.3) is 0 Å². The van der Waals surface area contributed by atoms with E-state index < -0.39 is 28.9 Å². The molecule has 0 saturated heterocycles. The summed E-state index contributed by atoms with van der Waals surface area (Å²) >= 11 is 11.2. The van der Waals surface area contributed by atoms with E-state index in [0.29, 0.717) is 22.7 Å². The van der Waals surface area contributed by atoms with Crippen LogP contribution >= 0.6 is 23.2 Å². The predicted molar refractivity (Wildman–Crippen MR) is 77.1 cm³/mol. The zero-order valence-corrected chi connectivity index (χ0v) is 12.7. The predicted octanol–water partition coefficient (Wildman–Crippen LogP) is 5.38. The fourth-order valence-electron chi connectivity index (χ4n) is 1.81. The second kappa shape index (κ2) is 6.76. The van der Waals surface area contributed by atoms with Crippen LogP contribution in [0.5, 0.6) is 5.75 Å². The third kappa shape index (κ3) is 4.36. The van der Waals surface area contributed by atoms with Crippen LogP contribution < -0.4 is 4.74 Å². The molecule has 0 N–H and O–H groups in total. The molecule has 23 heavy (non-hydrogen) atoms. The number of rotatable bonds is 4. The Bertz CT molecular complexity index is 714. The quantitative estimate of drug-likeness (QED) is 0.536. The van der Waals surface area contributed by atoms with Gasteiger partial charge in [0.1, 0.15) is 11.6 Å². The molecule has 8 heteroatoms. The molecule has 0 aliphatic heterocycles. The molecule has 0 radical (unpaired) electrons. The van der Waals surface area contributed by atoms with Crippen molar-refractivity contribution >= 4 is 28.4 Å². The summed E-state index contributed by atoms with van der Waals surface area (Å²) < 4.78 is 56.5. The highest BCUT2D eigenvalue weighted by Gasteiger charge is 2.35. The smallest absolute Gasteiger partial charge is 0.419 e. The van der Waals surface area contributed by atoms with Gasteiger partial charge in [-0.25, -0.2) is 4.39 Å². The van der Waals surface area contributed by atoms with Crippen LogP contribution in [0.3, 0.4) is 0 Å².